The maximum atomic E-state index is 9.37. The molecule has 0 aromatic heterocycles. The van der Waals surface area contributed by atoms with Crippen molar-refractivity contribution in [3.05, 3.63) is 81.8 Å². The number of rotatable bonds is 8. The molecular weight excluding hydrogens is 387 g/mol. The maximum Gasteiger partial charge on any atom is 0.117 e. The predicted octanol–water partition coefficient (Wildman–Crippen LogP) is 5.41. The van der Waals surface area contributed by atoms with Crippen LogP contribution in [0.5, 0.6) is 11.5 Å². The standard InChI is InChI=1S/2C10H14N2O.Ni/c2*1-8(11)6-12-7-9-4-2-3-5-10(9)13;/h2*2-5,8,11,13H,6-7H2,1H3;/q2*-2;. The molecule has 4 N–H and O–H groups in total. The zero-order valence-corrected chi connectivity index (χ0v) is 16.7. The van der Waals surface area contributed by atoms with Gasteiger partial charge in [0.2, 0.25) is 0 Å². The largest absolute Gasteiger partial charge is 0.676 e. The topological polar surface area (TPSA) is 116 Å². The maximum absolute atomic E-state index is 9.37. The van der Waals surface area contributed by atoms with Crippen molar-refractivity contribution in [2.24, 2.45) is 0 Å². The van der Waals surface area contributed by atoms with Gasteiger partial charge in [-0.1, -0.05) is 50.2 Å². The fraction of sp³-hybridized carbons (Fsp3) is 0.400. The van der Waals surface area contributed by atoms with Gasteiger partial charge in [0.25, 0.3) is 0 Å². The third-order valence-corrected chi connectivity index (χ3v) is 3.35. The van der Waals surface area contributed by atoms with Crippen LogP contribution >= 0.6 is 0 Å². The first kappa shape index (κ1) is 25.4. The van der Waals surface area contributed by atoms with E-state index in [-0.39, 0.29) is 40.1 Å². The average Bonchev–Trinajstić information content (AvgIpc) is 2.58. The molecule has 2 aromatic carbocycles. The molecule has 0 fully saturated rings. The van der Waals surface area contributed by atoms with E-state index >= 15 is 0 Å². The van der Waals surface area contributed by atoms with E-state index in [1.54, 1.807) is 38.1 Å². The van der Waals surface area contributed by atoms with Crippen LogP contribution < -0.4 is 0 Å². The number of phenolic OH excluding ortho intramolecular Hbond substituents is 2. The number of hydrogen-bond donors (Lipinski definition) is 2. The van der Waals surface area contributed by atoms with Gasteiger partial charge in [-0.2, -0.15) is 25.2 Å². The fourth-order valence-corrected chi connectivity index (χ4v) is 2.05. The second-order valence-electron chi connectivity index (χ2n) is 6.19. The van der Waals surface area contributed by atoms with Crippen LogP contribution in [0.2, 0.25) is 0 Å². The molecule has 0 bridgehead atoms. The first-order valence-electron chi connectivity index (χ1n) is 8.62. The second-order valence-corrected chi connectivity index (χ2v) is 6.19. The van der Waals surface area contributed by atoms with Crippen LogP contribution in [-0.2, 0) is 29.6 Å². The molecule has 0 heterocycles. The van der Waals surface area contributed by atoms with Gasteiger partial charge in [-0.25, -0.2) is 0 Å². The van der Waals surface area contributed by atoms with Gasteiger partial charge >= 0.3 is 0 Å². The van der Waals surface area contributed by atoms with Gasteiger partial charge in [-0.05, 0) is 23.3 Å². The zero-order chi connectivity index (χ0) is 19.4. The molecule has 0 saturated carbocycles. The first-order valence-corrected chi connectivity index (χ1v) is 8.62. The van der Waals surface area contributed by atoms with Gasteiger partial charge in [0, 0.05) is 16.5 Å². The SMILES string of the molecule is CC([NH-])C[N-]Cc1ccccc1O.CC([NH-])C[N-]Cc1ccccc1O.[Ni]. The van der Waals surface area contributed by atoms with Crippen LogP contribution in [0.3, 0.4) is 0 Å². The van der Waals surface area contributed by atoms with Crippen molar-refractivity contribution in [2.45, 2.75) is 39.0 Å². The summed E-state index contributed by atoms with van der Waals surface area (Å²) in [7, 11) is 0. The summed E-state index contributed by atoms with van der Waals surface area (Å²) < 4.78 is 0. The van der Waals surface area contributed by atoms with Crippen molar-refractivity contribution in [3.63, 3.8) is 0 Å². The normalized spacial score (nSPS) is 12.3. The van der Waals surface area contributed by atoms with Gasteiger partial charge in [-0.3, -0.25) is 0 Å². The molecule has 0 saturated heterocycles. The molecule has 0 radical (unpaired) electrons. The second kappa shape index (κ2) is 14.4. The molecule has 2 rings (SSSR count). The van der Waals surface area contributed by atoms with Crippen molar-refractivity contribution in [1.82, 2.24) is 0 Å². The van der Waals surface area contributed by atoms with Crippen molar-refractivity contribution in [2.75, 3.05) is 13.1 Å². The third-order valence-electron chi connectivity index (χ3n) is 3.35. The van der Waals surface area contributed by atoms with E-state index in [1.807, 2.05) is 24.3 Å². The summed E-state index contributed by atoms with van der Waals surface area (Å²) in [6.07, 6.45) is 0. The Morgan fingerprint density at radius 1 is 0.741 bits per heavy atom. The van der Waals surface area contributed by atoms with Crippen molar-refractivity contribution >= 4 is 0 Å². The molecule has 0 spiro atoms. The van der Waals surface area contributed by atoms with Gasteiger partial charge in [-0.15, -0.1) is 13.1 Å². The number of phenols is 2. The van der Waals surface area contributed by atoms with E-state index < -0.39 is 0 Å². The molecule has 6 nitrogen and oxygen atoms in total. The van der Waals surface area contributed by atoms with E-state index in [9.17, 15) is 10.2 Å². The molecule has 2 unspecified atom stereocenters. The van der Waals surface area contributed by atoms with Crippen LogP contribution in [0, 0.1) is 0 Å². The molecule has 0 aliphatic carbocycles. The fourth-order valence-electron chi connectivity index (χ4n) is 2.05. The summed E-state index contributed by atoms with van der Waals surface area (Å²) in [5.41, 5.74) is 16.1. The van der Waals surface area contributed by atoms with Crippen LogP contribution in [-0.4, -0.2) is 35.4 Å². The summed E-state index contributed by atoms with van der Waals surface area (Å²) in [6, 6.07) is 14.0. The van der Waals surface area contributed by atoms with Gasteiger partial charge in [0.15, 0.2) is 0 Å². The number of para-hydroxylation sites is 2. The van der Waals surface area contributed by atoms with Crippen molar-refractivity contribution in [3.8, 4) is 11.5 Å². The monoisotopic (exact) mass is 414 g/mol. The van der Waals surface area contributed by atoms with E-state index in [0.717, 1.165) is 11.1 Å². The summed E-state index contributed by atoms with van der Waals surface area (Å²) in [5.74, 6) is 0.563. The van der Waals surface area contributed by atoms with Gasteiger partial charge in [0.1, 0.15) is 11.5 Å². The van der Waals surface area contributed by atoms with E-state index in [1.165, 1.54) is 0 Å². The van der Waals surface area contributed by atoms with Crippen LogP contribution in [0.4, 0.5) is 0 Å². The average molecular weight is 415 g/mol. The molecule has 2 aromatic rings. The third kappa shape index (κ3) is 11.6. The van der Waals surface area contributed by atoms with E-state index in [4.69, 9.17) is 11.5 Å². The summed E-state index contributed by atoms with van der Waals surface area (Å²) in [5, 5.41) is 27.0. The summed E-state index contributed by atoms with van der Waals surface area (Å²) in [6.45, 7) is 5.64. The molecule has 0 amide bonds. The Balaban J connectivity index is 0.000000483. The van der Waals surface area contributed by atoms with Crippen LogP contribution in [0.1, 0.15) is 25.0 Å². The van der Waals surface area contributed by atoms with Crippen LogP contribution in [0.25, 0.3) is 22.1 Å². The Kier molecular flexibility index (Phi) is 13.6. The quantitative estimate of drug-likeness (QED) is 0.561. The Hall–Kier alpha value is -1.63. The minimum absolute atomic E-state index is 0. The molecule has 154 valence electrons. The number of aromatic hydroxyl groups is 2. The number of nitrogens with zero attached hydrogens (tertiary/aromatic N) is 2. The Morgan fingerprint density at radius 3 is 1.37 bits per heavy atom. The first-order chi connectivity index (χ1) is 12.4. The number of benzene rings is 2. The van der Waals surface area contributed by atoms with Crippen molar-refractivity contribution < 1.29 is 26.7 Å². The Bertz CT molecular complexity index is 583. The smallest absolute Gasteiger partial charge is 0.117 e. The minimum atomic E-state index is -0.161. The molecule has 0 aliphatic rings. The van der Waals surface area contributed by atoms with E-state index in [0.29, 0.717) is 26.2 Å². The minimum Gasteiger partial charge on any atom is -0.676 e. The van der Waals surface area contributed by atoms with Gasteiger partial charge in [0.05, 0.1) is 0 Å². The van der Waals surface area contributed by atoms with Crippen molar-refractivity contribution in [1.29, 1.82) is 0 Å². The molecule has 0 aliphatic heterocycles. The Labute approximate surface area is 172 Å². The summed E-state index contributed by atoms with van der Waals surface area (Å²) in [4.78, 5) is 0. The Morgan fingerprint density at radius 2 is 1.07 bits per heavy atom. The number of nitrogens with one attached hydrogen (secondary N) is 2. The van der Waals surface area contributed by atoms with Crippen LogP contribution in [0.15, 0.2) is 48.5 Å². The van der Waals surface area contributed by atoms with E-state index in [2.05, 4.69) is 10.6 Å². The predicted molar refractivity (Wildman–Crippen MR) is 108 cm³/mol. The molecule has 2 atom stereocenters. The summed E-state index contributed by atoms with van der Waals surface area (Å²) >= 11 is 0. The van der Waals surface area contributed by atoms with Gasteiger partial charge < -0.3 is 32.3 Å². The molecule has 27 heavy (non-hydrogen) atoms. The molecule has 7 heteroatoms. The number of hydrogen-bond acceptors (Lipinski definition) is 2. The molecular formula is C20H28N4NiO2-4. The zero-order valence-electron chi connectivity index (χ0n) is 15.7.